The molecule has 0 amide bonds. The average molecular weight is 502 g/mol. The summed E-state index contributed by atoms with van der Waals surface area (Å²) in [6.45, 7) is 8.41. The van der Waals surface area contributed by atoms with E-state index >= 15 is 0 Å². The number of aromatic amines is 1. The van der Waals surface area contributed by atoms with Crippen molar-refractivity contribution >= 4 is 87.0 Å². The number of rotatable bonds is 3. The zero-order valence-corrected chi connectivity index (χ0v) is 21.5. The third kappa shape index (κ3) is 2.75. The molecule has 178 valence electrons. The maximum absolute atomic E-state index is 4.22. The van der Waals surface area contributed by atoms with Crippen molar-refractivity contribution in [3.05, 3.63) is 121 Å². The van der Waals surface area contributed by atoms with Crippen LogP contribution in [-0.2, 0) is 0 Å². The number of H-pyrrole nitrogens is 1. The molecule has 6 aromatic carbocycles. The SMILES string of the molecule is C=Cc1c(C=C)c2sc3c(-c4cc5ccccc5c5ccccc45)cccc3c2c2c1[nH]c1ccccc12. The first-order valence-electron chi connectivity index (χ1n) is 12.9. The van der Waals surface area contributed by atoms with Gasteiger partial charge in [0, 0.05) is 53.2 Å². The minimum Gasteiger partial charge on any atom is -0.354 e. The smallest absolute Gasteiger partial charge is 0.0551 e. The molecular formula is C36H23NS. The maximum Gasteiger partial charge on any atom is 0.0551 e. The van der Waals surface area contributed by atoms with Gasteiger partial charge >= 0.3 is 0 Å². The predicted octanol–water partition coefficient (Wildman–Crippen LogP) is 10.9. The highest BCUT2D eigenvalue weighted by Crippen LogP contribution is 2.49. The van der Waals surface area contributed by atoms with Crippen LogP contribution in [0.2, 0.25) is 0 Å². The number of benzene rings is 6. The summed E-state index contributed by atoms with van der Waals surface area (Å²) in [6.07, 6.45) is 3.96. The monoisotopic (exact) mass is 501 g/mol. The van der Waals surface area contributed by atoms with Gasteiger partial charge in [0.25, 0.3) is 0 Å². The van der Waals surface area contributed by atoms with Gasteiger partial charge in [-0.1, -0.05) is 110 Å². The van der Waals surface area contributed by atoms with E-state index in [-0.39, 0.29) is 0 Å². The van der Waals surface area contributed by atoms with E-state index in [2.05, 4.69) is 115 Å². The number of thiophene rings is 1. The fourth-order valence-corrected chi connectivity index (χ4v) is 7.71. The van der Waals surface area contributed by atoms with Gasteiger partial charge in [0.2, 0.25) is 0 Å². The summed E-state index contributed by atoms with van der Waals surface area (Å²) in [5.41, 5.74) is 7.08. The Morgan fingerprint density at radius 1 is 0.553 bits per heavy atom. The van der Waals surface area contributed by atoms with Crippen LogP contribution in [-0.4, -0.2) is 4.98 Å². The molecule has 2 heteroatoms. The van der Waals surface area contributed by atoms with Crippen LogP contribution >= 0.6 is 11.3 Å². The number of fused-ring (bicyclic) bond motifs is 10. The number of hydrogen-bond donors (Lipinski definition) is 1. The quantitative estimate of drug-likeness (QED) is 0.232. The lowest BCUT2D eigenvalue weighted by Gasteiger charge is -2.12. The third-order valence-electron chi connectivity index (χ3n) is 7.94. The molecule has 0 saturated carbocycles. The summed E-state index contributed by atoms with van der Waals surface area (Å²) < 4.78 is 2.57. The van der Waals surface area contributed by atoms with Crippen molar-refractivity contribution in [2.24, 2.45) is 0 Å². The van der Waals surface area contributed by atoms with Crippen LogP contribution in [0.25, 0.3) is 86.8 Å². The maximum atomic E-state index is 4.22. The van der Waals surface area contributed by atoms with E-state index in [9.17, 15) is 0 Å². The summed E-state index contributed by atoms with van der Waals surface area (Å²) in [6, 6.07) is 35.2. The molecule has 1 nitrogen and oxygen atoms in total. The van der Waals surface area contributed by atoms with E-state index in [4.69, 9.17) is 0 Å². The van der Waals surface area contributed by atoms with Crippen molar-refractivity contribution in [3.8, 4) is 11.1 Å². The highest BCUT2D eigenvalue weighted by atomic mass is 32.1. The van der Waals surface area contributed by atoms with E-state index in [1.165, 1.54) is 63.6 Å². The van der Waals surface area contributed by atoms with Gasteiger partial charge in [-0.25, -0.2) is 0 Å². The zero-order valence-electron chi connectivity index (χ0n) is 20.7. The molecule has 0 saturated heterocycles. The molecule has 8 aromatic rings. The predicted molar refractivity (Wildman–Crippen MR) is 169 cm³/mol. The Hall–Kier alpha value is -4.66. The van der Waals surface area contributed by atoms with Crippen molar-refractivity contribution in [1.29, 1.82) is 0 Å². The standard InChI is InChI=1S/C36H23NS/c1-3-22-23(4-2)36-33(32-28-16-9-10-19-31(28)37-34(22)32)29-18-11-17-27(35(29)38-36)30-20-21-12-5-6-13-24(21)25-14-7-8-15-26(25)30/h3-20,37H,1-2H2. The van der Waals surface area contributed by atoms with Gasteiger partial charge in [0.15, 0.2) is 0 Å². The van der Waals surface area contributed by atoms with E-state index < -0.39 is 0 Å². The molecule has 0 radical (unpaired) electrons. The fraction of sp³-hybridized carbons (Fsp3) is 0. The highest BCUT2D eigenvalue weighted by Gasteiger charge is 2.21. The Morgan fingerprint density at radius 3 is 2.05 bits per heavy atom. The molecule has 2 aromatic heterocycles. The Bertz CT molecular complexity index is 2280. The van der Waals surface area contributed by atoms with E-state index in [0.29, 0.717) is 0 Å². The highest BCUT2D eigenvalue weighted by molar-refractivity contribution is 7.26. The van der Waals surface area contributed by atoms with Crippen molar-refractivity contribution in [2.75, 3.05) is 0 Å². The molecule has 0 aliphatic carbocycles. The third-order valence-corrected chi connectivity index (χ3v) is 9.21. The topological polar surface area (TPSA) is 15.8 Å². The van der Waals surface area contributed by atoms with Crippen LogP contribution in [0, 0.1) is 0 Å². The van der Waals surface area contributed by atoms with E-state index in [0.717, 1.165) is 22.2 Å². The molecule has 0 fully saturated rings. The Labute approximate surface area is 224 Å². The molecule has 0 unspecified atom stereocenters. The van der Waals surface area contributed by atoms with E-state index in [1.54, 1.807) is 0 Å². The minimum absolute atomic E-state index is 1.11. The van der Waals surface area contributed by atoms with Crippen molar-refractivity contribution < 1.29 is 0 Å². The summed E-state index contributed by atoms with van der Waals surface area (Å²) in [7, 11) is 0. The van der Waals surface area contributed by atoms with Gasteiger partial charge in [-0.3, -0.25) is 0 Å². The van der Waals surface area contributed by atoms with Crippen molar-refractivity contribution in [3.63, 3.8) is 0 Å². The van der Waals surface area contributed by atoms with Gasteiger partial charge in [-0.05, 0) is 39.2 Å². The number of hydrogen-bond acceptors (Lipinski definition) is 1. The Morgan fingerprint density at radius 2 is 1.24 bits per heavy atom. The molecule has 38 heavy (non-hydrogen) atoms. The summed E-state index contributed by atoms with van der Waals surface area (Å²) in [5.74, 6) is 0. The van der Waals surface area contributed by atoms with Gasteiger partial charge < -0.3 is 4.98 Å². The Balaban J connectivity index is 1.59. The Kier molecular flexibility index (Phi) is 4.46. The van der Waals surface area contributed by atoms with Gasteiger partial charge in [-0.15, -0.1) is 11.3 Å². The fourth-order valence-electron chi connectivity index (χ4n) is 6.32. The largest absolute Gasteiger partial charge is 0.354 e. The van der Waals surface area contributed by atoms with Crippen molar-refractivity contribution in [2.45, 2.75) is 0 Å². The molecule has 0 bridgehead atoms. The van der Waals surface area contributed by atoms with Crippen LogP contribution in [0.4, 0.5) is 0 Å². The number of para-hydroxylation sites is 1. The number of nitrogens with one attached hydrogen (secondary N) is 1. The van der Waals surface area contributed by atoms with Crippen LogP contribution in [0.3, 0.4) is 0 Å². The molecule has 0 atom stereocenters. The van der Waals surface area contributed by atoms with Crippen molar-refractivity contribution in [1.82, 2.24) is 4.98 Å². The van der Waals surface area contributed by atoms with Gasteiger partial charge in [0.05, 0.1) is 5.52 Å². The molecule has 1 N–H and O–H groups in total. The molecule has 0 spiro atoms. The molecule has 2 heterocycles. The summed E-state index contributed by atoms with van der Waals surface area (Å²) >= 11 is 1.87. The second kappa shape index (κ2) is 7.92. The first-order chi connectivity index (χ1) is 18.8. The second-order valence-corrected chi connectivity index (χ2v) is 10.9. The van der Waals surface area contributed by atoms with Crippen LogP contribution < -0.4 is 0 Å². The lowest BCUT2D eigenvalue weighted by atomic mass is 9.92. The lowest BCUT2D eigenvalue weighted by molar-refractivity contribution is 1.54. The first kappa shape index (κ1) is 21.4. The molecule has 0 aliphatic rings. The first-order valence-corrected chi connectivity index (χ1v) is 13.7. The second-order valence-electron chi connectivity index (χ2n) is 9.84. The van der Waals surface area contributed by atoms with Crippen LogP contribution in [0.5, 0.6) is 0 Å². The minimum atomic E-state index is 1.11. The average Bonchev–Trinajstić information content (AvgIpc) is 3.54. The van der Waals surface area contributed by atoms with Gasteiger partial charge in [-0.2, -0.15) is 0 Å². The molecular weight excluding hydrogens is 478 g/mol. The molecule has 8 rings (SSSR count). The van der Waals surface area contributed by atoms with Crippen LogP contribution in [0.1, 0.15) is 11.1 Å². The van der Waals surface area contributed by atoms with Gasteiger partial charge in [0.1, 0.15) is 0 Å². The van der Waals surface area contributed by atoms with E-state index in [1.807, 2.05) is 23.5 Å². The summed E-state index contributed by atoms with van der Waals surface area (Å²) in [5, 5.41) is 10.2. The summed E-state index contributed by atoms with van der Waals surface area (Å²) in [4.78, 5) is 3.70. The normalized spacial score (nSPS) is 11.9. The zero-order chi connectivity index (χ0) is 25.4. The molecule has 0 aliphatic heterocycles. The lowest BCUT2D eigenvalue weighted by Crippen LogP contribution is -1.85. The number of aromatic nitrogens is 1. The van der Waals surface area contributed by atoms with Crippen LogP contribution in [0.15, 0.2) is 110 Å².